The second-order valence-electron chi connectivity index (χ2n) is 5.78. The summed E-state index contributed by atoms with van der Waals surface area (Å²) in [6.45, 7) is 1.81. The molecular weight excluding hydrogens is 323 g/mol. The number of carboxylic acids is 1. The fraction of sp³-hybridized carbons (Fsp3) is 0.375. The third kappa shape index (κ3) is 2.90. The van der Waals surface area contributed by atoms with Gasteiger partial charge < -0.3 is 25.6 Å². The Hall–Kier alpha value is -0.704. The molecule has 0 aliphatic carbocycles. The molecular formula is C16H17KN2O4. The fourth-order valence-electron chi connectivity index (χ4n) is 3.62. The van der Waals surface area contributed by atoms with Gasteiger partial charge in [-0.2, -0.15) is 0 Å². The number of amides is 1. The molecule has 116 valence electrons. The summed E-state index contributed by atoms with van der Waals surface area (Å²) in [4.78, 5) is 25.1. The minimum Gasteiger partial charge on any atom is -0.543 e. The molecule has 23 heavy (non-hydrogen) atoms. The number of nitrogens with two attached hydrogens (primary N) is 1. The molecule has 7 heteroatoms. The summed E-state index contributed by atoms with van der Waals surface area (Å²) >= 11 is 0. The quantitative estimate of drug-likeness (QED) is 0.337. The third-order valence-corrected chi connectivity index (χ3v) is 4.58. The summed E-state index contributed by atoms with van der Waals surface area (Å²) in [7, 11) is 0. The summed E-state index contributed by atoms with van der Waals surface area (Å²) in [5, 5.41) is 20.6. The minimum atomic E-state index is -1.35. The van der Waals surface area contributed by atoms with E-state index < -0.39 is 5.97 Å². The van der Waals surface area contributed by atoms with Gasteiger partial charge in [0.1, 0.15) is 0 Å². The molecule has 1 saturated heterocycles. The standard InChI is InChI=1S/C16H18N2O4.K/c1-8-12(9-2-4-10(17)5-3-9)14(16(21)22)18-13(8)11(6-7-19)15(18)20;/h2-5,8,11,13,19H,6-7,17H2,1H3,(H,21,22);/q;+1/p-1/t8-,11-,13+;/m0./s1. The van der Waals surface area contributed by atoms with Gasteiger partial charge in [0.05, 0.1) is 23.6 Å². The van der Waals surface area contributed by atoms with Crippen LogP contribution < -0.4 is 62.2 Å². The van der Waals surface area contributed by atoms with Gasteiger partial charge in [0.25, 0.3) is 0 Å². The van der Waals surface area contributed by atoms with Crippen LogP contribution in [0.5, 0.6) is 0 Å². The van der Waals surface area contributed by atoms with Crippen LogP contribution in [-0.4, -0.2) is 34.5 Å². The van der Waals surface area contributed by atoms with E-state index in [4.69, 9.17) is 10.8 Å². The maximum absolute atomic E-state index is 12.2. The zero-order valence-corrected chi connectivity index (χ0v) is 16.3. The number of aliphatic hydroxyl groups is 1. The van der Waals surface area contributed by atoms with Gasteiger partial charge in [0.2, 0.25) is 5.91 Å². The SMILES string of the molecule is C[C@H]1C(c2ccc(N)cc2)=C(C(=O)[O-])N2C(=O)[C@@H](CCO)[C@@H]12.[K+]. The molecule has 0 aromatic heterocycles. The molecule has 0 unspecified atom stereocenters. The number of hydrogen-bond donors (Lipinski definition) is 2. The Balaban J connectivity index is 0.00000192. The third-order valence-electron chi connectivity index (χ3n) is 4.58. The van der Waals surface area contributed by atoms with Crippen LogP contribution >= 0.6 is 0 Å². The second-order valence-corrected chi connectivity index (χ2v) is 5.78. The van der Waals surface area contributed by atoms with E-state index in [1.165, 1.54) is 4.90 Å². The average Bonchev–Trinajstić information content (AvgIpc) is 2.76. The number of aliphatic hydroxyl groups excluding tert-OH is 1. The fourth-order valence-corrected chi connectivity index (χ4v) is 3.62. The van der Waals surface area contributed by atoms with Crippen LogP contribution in [0.4, 0.5) is 5.69 Å². The maximum Gasteiger partial charge on any atom is 1.00 e. The summed E-state index contributed by atoms with van der Waals surface area (Å²) in [6, 6.07) is 6.68. The van der Waals surface area contributed by atoms with E-state index in [0.717, 1.165) is 5.56 Å². The van der Waals surface area contributed by atoms with Gasteiger partial charge in [-0.05, 0) is 29.7 Å². The van der Waals surface area contributed by atoms with Crippen LogP contribution in [0, 0.1) is 11.8 Å². The maximum atomic E-state index is 12.2. The van der Waals surface area contributed by atoms with Crippen molar-refractivity contribution >= 4 is 23.1 Å². The molecule has 1 aromatic rings. The van der Waals surface area contributed by atoms with Crippen molar-refractivity contribution < 1.29 is 71.2 Å². The van der Waals surface area contributed by atoms with Crippen molar-refractivity contribution in [1.29, 1.82) is 0 Å². The number of carbonyl (C=O) groups excluding carboxylic acids is 2. The zero-order chi connectivity index (χ0) is 16.0. The number of β-lactam (4-membered cyclic amide) rings is 1. The number of anilines is 1. The molecule has 1 fully saturated rings. The Bertz CT molecular complexity index is 671. The molecule has 3 atom stereocenters. The van der Waals surface area contributed by atoms with Crippen molar-refractivity contribution in [1.82, 2.24) is 4.90 Å². The van der Waals surface area contributed by atoms with E-state index in [9.17, 15) is 14.7 Å². The van der Waals surface area contributed by atoms with Gasteiger partial charge >= 0.3 is 51.4 Å². The van der Waals surface area contributed by atoms with Crippen LogP contribution in [0.1, 0.15) is 18.9 Å². The molecule has 6 nitrogen and oxygen atoms in total. The van der Waals surface area contributed by atoms with Crippen LogP contribution in [-0.2, 0) is 9.59 Å². The summed E-state index contributed by atoms with van der Waals surface area (Å²) in [6.07, 6.45) is 0.347. The van der Waals surface area contributed by atoms with E-state index in [0.29, 0.717) is 17.7 Å². The van der Waals surface area contributed by atoms with Gasteiger partial charge in [0, 0.05) is 18.2 Å². The van der Waals surface area contributed by atoms with Gasteiger partial charge in [-0.3, -0.25) is 4.79 Å². The average molecular weight is 340 g/mol. The first kappa shape index (κ1) is 18.6. The van der Waals surface area contributed by atoms with Gasteiger partial charge in [-0.15, -0.1) is 0 Å². The second kappa shape index (κ2) is 7.04. The first-order chi connectivity index (χ1) is 10.5. The van der Waals surface area contributed by atoms with E-state index in [2.05, 4.69) is 0 Å². The first-order valence-electron chi connectivity index (χ1n) is 7.22. The van der Waals surface area contributed by atoms with Crippen LogP contribution in [0.25, 0.3) is 5.57 Å². The molecule has 0 saturated carbocycles. The number of fused-ring (bicyclic) bond motifs is 1. The number of benzene rings is 1. The van der Waals surface area contributed by atoms with Gasteiger partial charge in [0.15, 0.2) is 0 Å². The predicted octanol–water partition coefficient (Wildman–Crippen LogP) is -3.41. The van der Waals surface area contributed by atoms with E-state index in [1.54, 1.807) is 24.3 Å². The molecule has 2 aliphatic heterocycles. The Kier molecular flexibility index (Phi) is 5.70. The Labute approximate surface area is 176 Å². The van der Waals surface area contributed by atoms with Crippen molar-refractivity contribution in [3.63, 3.8) is 0 Å². The minimum absolute atomic E-state index is 0. The number of aliphatic carboxylic acids is 1. The summed E-state index contributed by atoms with van der Waals surface area (Å²) in [5.41, 5.74) is 7.52. The van der Waals surface area contributed by atoms with Crippen molar-refractivity contribution in [3.05, 3.63) is 35.5 Å². The smallest absolute Gasteiger partial charge is 0.543 e. The van der Waals surface area contributed by atoms with Crippen molar-refractivity contribution in [3.8, 4) is 0 Å². The zero-order valence-electron chi connectivity index (χ0n) is 13.2. The van der Waals surface area contributed by atoms with Crippen molar-refractivity contribution in [2.24, 2.45) is 11.8 Å². The molecule has 0 radical (unpaired) electrons. The van der Waals surface area contributed by atoms with E-state index >= 15 is 0 Å². The summed E-state index contributed by atoms with van der Waals surface area (Å²) < 4.78 is 0. The van der Waals surface area contributed by atoms with Crippen LogP contribution in [0.15, 0.2) is 30.0 Å². The van der Waals surface area contributed by atoms with Crippen molar-refractivity contribution in [2.45, 2.75) is 19.4 Å². The monoisotopic (exact) mass is 340 g/mol. The van der Waals surface area contributed by atoms with Crippen LogP contribution in [0.3, 0.4) is 0 Å². The normalized spacial score (nSPS) is 25.7. The molecule has 2 aliphatic rings. The summed E-state index contributed by atoms with van der Waals surface area (Å²) in [5.74, 6) is -2.07. The number of nitrogen functional groups attached to an aromatic ring is 1. The van der Waals surface area contributed by atoms with E-state index in [-0.39, 0.29) is 87.5 Å². The molecule has 3 N–H and O–H groups in total. The van der Waals surface area contributed by atoms with E-state index in [1.807, 2.05) is 6.92 Å². The van der Waals surface area contributed by atoms with Crippen molar-refractivity contribution in [2.75, 3.05) is 12.3 Å². The van der Waals surface area contributed by atoms with Gasteiger partial charge in [-0.1, -0.05) is 19.1 Å². The molecule has 2 heterocycles. The number of hydrogen-bond acceptors (Lipinski definition) is 5. The Morgan fingerprint density at radius 2 is 1.96 bits per heavy atom. The number of carbonyl (C=O) groups is 2. The molecule has 1 aromatic carbocycles. The number of carboxylic acid groups (broad SMARTS) is 1. The number of rotatable bonds is 4. The number of nitrogens with zero attached hydrogens (tertiary/aromatic N) is 1. The predicted molar refractivity (Wildman–Crippen MR) is 77.8 cm³/mol. The Morgan fingerprint density at radius 1 is 1.35 bits per heavy atom. The van der Waals surface area contributed by atoms with Crippen LogP contribution in [0.2, 0.25) is 0 Å². The molecule has 3 rings (SSSR count). The topological polar surface area (TPSA) is 107 Å². The largest absolute Gasteiger partial charge is 1.00 e. The molecule has 0 bridgehead atoms. The molecule has 0 spiro atoms. The Morgan fingerprint density at radius 3 is 2.48 bits per heavy atom. The van der Waals surface area contributed by atoms with Gasteiger partial charge in [-0.25, -0.2) is 0 Å². The first-order valence-corrected chi connectivity index (χ1v) is 7.22. The molecule has 1 amide bonds.